The van der Waals surface area contributed by atoms with Gasteiger partial charge in [-0.25, -0.2) is 13.1 Å². The van der Waals surface area contributed by atoms with Crippen LogP contribution in [0, 0.1) is 6.92 Å². The van der Waals surface area contributed by atoms with Gasteiger partial charge in [0.05, 0.1) is 0 Å². The Morgan fingerprint density at radius 2 is 1.94 bits per heavy atom. The number of hydrogen-bond acceptors (Lipinski definition) is 2. The first-order valence-electron chi connectivity index (χ1n) is 4.84. The minimum atomic E-state index is -5.25. The lowest BCUT2D eigenvalue weighted by Gasteiger charge is -2.09. The predicted octanol–water partition coefficient (Wildman–Crippen LogP) is 1.98. The third-order valence-corrected chi connectivity index (χ3v) is 3.29. The number of alkyl halides is 3. The van der Waals surface area contributed by atoms with Crippen molar-refractivity contribution in [3.63, 3.8) is 0 Å². The van der Waals surface area contributed by atoms with E-state index in [1.807, 2.05) is 13.0 Å². The van der Waals surface area contributed by atoms with E-state index in [9.17, 15) is 21.6 Å². The maximum atomic E-state index is 12.0. The topological polar surface area (TPSA) is 46.2 Å². The number of benzene rings is 1. The Morgan fingerprint density at radius 3 is 2.47 bits per heavy atom. The van der Waals surface area contributed by atoms with Gasteiger partial charge in [-0.05, 0) is 18.9 Å². The van der Waals surface area contributed by atoms with Gasteiger partial charge in [0.15, 0.2) is 0 Å². The van der Waals surface area contributed by atoms with Crippen LogP contribution in [0.5, 0.6) is 0 Å². The van der Waals surface area contributed by atoms with Crippen LogP contribution < -0.4 is 4.72 Å². The normalized spacial score (nSPS) is 12.7. The van der Waals surface area contributed by atoms with Gasteiger partial charge in [0.2, 0.25) is 0 Å². The highest BCUT2D eigenvalue weighted by Crippen LogP contribution is 2.21. The van der Waals surface area contributed by atoms with Crippen molar-refractivity contribution in [2.75, 3.05) is 6.54 Å². The second-order valence-electron chi connectivity index (χ2n) is 3.58. The first-order chi connectivity index (χ1) is 7.72. The number of aryl methyl sites for hydroxylation is 1. The molecule has 1 aromatic rings. The lowest BCUT2D eigenvalue weighted by molar-refractivity contribution is -0.0447. The Hall–Kier alpha value is -1.08. The average Bonchev–Trinajstić information content (AvgIpc) is 2.15. The summed E-state index contributed by atoms with van der Waals surface area (Å²) in [6.07, 6.45) is 0.219. The smallest absolute Gasteiger partial charge is 0.207 e. The molecule has 1 rings (SSSR count). The van der Waals surface area contributed by atoms with Crippen LogP contribution >= 0.6 is 0 Å². The average molecular weight is 267 g/mol. The summed E-state index contributed by atoms with van der Waals surface area (Å²) >= 11 is 0. The molecule has 0 radical (unpaired) electrons. The molecule has 0 saturated carbocycles. The van der Waals surface area contributed by atoms with Crippen molar-refractivity contribution < 1.29 is 21.6 Å². The van der Waals surface area contributed by atoms with E-state index in [1.54, 1.807) is 18.2 Å². The van der Waals surface area contributed by atoms with Crippen molar-refractivity contribution in [2.24, 2.45) is 0 Å². The minimum Gasteiger partial charge on any atom is -0.207 e. The largest absolute Gasteiger partial charge is 0.511 e. The molecule has 0 aromatic heterocycles. The van der Waals surface area contributed by atoms with Crippen molar-refractivity contribution in [1.29, 1.82) is 0 Å². The Morgan fingerprint density at radius 1 is 1.29 bits per heavy atom. The fourth-order valence-corrected chi connectivity index (χ4v) is 1.81. The highest BCUT2D eigenvalue weighted by atomic mass is 32.2. The van der Waals surface area contributed by atoms with Crippen LogP contribution in [0.2, 0.25) is 0 Å². The third-order valence-electron chi connectivity index (χ3n) is 2.09. The quantitative estimate of drug-likeness (QED) is 0.906. The number of rotatable bonds is 4. The van der Waals surface area contributed by atoms with Gasteiger partial charge in [-0.3, -0.25) is 0 Å². The zero-order chi connectivity index (χ0) is 13.1. The van der Waals surface area contributed by atoms with Crippen molar-refractivity contribution in [2.45, 2.75) is 18.9 Å². The van der Waals surface area contributed by atoms with Crippen LogP contribution in [-0.4, -0.2) is 20.5 Å². The summed E-state index contributed by atoms with van der Waals surface area (Å²) in [7, 11) is -5.23. The molecule has 0 atom stereocenters. The first kappa shape index (κ1) is 14.0. The van der Waals surface area contributed by atoms with E-state index in [1.165, 1.54) is 4.72 Å². The van der Waals surface area contributed by atoms with Crippen LogP contribution in [0.15, 0.2) is 24.3 Å². The molecule has 17 heavy (non-hydrogen) atoms. The van der Waals surface area contributed by atoms with E-state index < -0.39 is 15.5 Å². The molecule has 0 unspecified atom stereocenters. The van der Waals surface area contributed by atoms with Gasteiger partial charge in [0.25, 0.3) is 0 Å². The fraction of sp³-hybridized carbons (Fsp3) is 0.400. The van der Waals surface area contributed by atoms with Crippen LogP contribution in [0.25, 0.3) is 0 Å². The molecule has 96 valence electrons. The number of hydrogen-bond donors (Lipinski definition) is 1. The standard InChI is InChI=1S/C10H12F3NO2S/c1-8-3-2-4-9(7-8)5-6-14-17(15,16)10(11,12)13/h2-4,7,14H,5-6H2,1H3. The van der Waals surface area contributed by atoms with Gasteiger partial charge < -0.3 is 0 Å². The summed E-state index contributed by atoms with van der Waals surface area (Å²) in [5, 5.41) is 0. The molecule has 3 nitrogen and oxygen atoms in total. The van der Waals surface area contributed by atoms with Crippen molar-refractivity contribution in [3.05, 3.63) is 35.4 Å². The van der Waals surface area contributed by atoms with Crippen molar-refractivity contribution >= 4 is 10.0 Å². The van der Waals surface area contributed by atoms with Gasteiger partial charge >= 0.3 is 15.5 Å². The van der Waals surface area contributed by atoms with Gasteiger partial charge in [0, 0.05) is 6.54 Å². The molecule has 0 aliphatic heterocycles. The summed E-state index contributed by atoms with van der Waals surface area (Å²) in [4.78, 5) is 0. The lowest BCUT2D eigenvalue weighted by Crippen LogP contribution is -2.37. The van der Waals surface area contributed by atoms with Crippen molar-refractivity contribution in [3.8, 4) is 0 Å². The summed E-state index contributed by atoms with van der Waals surface area (Å²) in [6, 6.07) is 7.14. The SMILES string of the molecule is Cc1cccc(CCNS(=O)(=O)C(F)(F)F)c1. The molecule has 0 saturated heterocycles. The molecule has 0 spiro atoms. The molecule has 0 bridgehead atoms. The molecule has 0 fully saturated rings. The molecule has 1 N–H and O–H groups in total. The van der Waals surface area contributed by atoms with E-state index >= 15 is 0 Å². The van der Waals surface area contributed by atoms with Crippen LogP contribution in [-0.2, 0) is 16.4 Å². The van der Waals surface area contributed by atoms with E-state index in [-0.39, 0.29) is 13.0 Å². The molecule has 0 aliphatic rings. The zero-order valence-electron chi connectivity index (χ0n) is 9.08. The van der Waals surface area contributed by atoms with Gasteiger partial charge in [-0.1, -0.05) is 29.8 Å². The molecule has 1 aromatic carbocycles. The van der Waals surface area contributed by atoms with E-state index in [0.717, 1.165) is 11.1 Å². The van der Waals surface area contributed by atoms with Gasteiger partial charge in [-0.15, -0.1) is 0 Å². The summed E-state index contributed by atoms with van der Waals surface area (Å²) in [5.41, 5.74) is -3.49. The van der Waals surface area contributed by atoms with Gasteiger partial charge in [-0.2, -0.15) is 13.2 Å². The minimum absolute atomic E-state index is 0.219. The lowest BCUT2D eigenvalue weighted by atomic mass is 10.1. The van der Waals surface area contributed by atoms with Crippen LogP contribution in [0.3, 0.4) is 0 Å². The molecular weight excluding hydrogens is 255 g/mol. The Labute approximate surface area is 97.7 Å². The Balaban J connectivity index is 2.55. The summed E-state index contributed by atoms with van der Waals surface area (Å²) in [6.45, 7) is 1.58. The molecule has 0 amide bonds. The first-order valence-corrected chi connectivity index (χ1v) is 6.32. The van der Waals surface area contributed by atoms with Crippen LogP contribution in [0.1, 0.15) is 11.1 Å². The molecular formula is C10H12F3NO2S. The third kappa shape index (κ3) is 4.01. The highest BCUT2D eigenvalue weighted by Gasteiger charge is 2.45. The molecule has 7 heteroatoms. The number of nitrogens with one attached hydrogen (secondary N) is 1. The second kappa shape index (κ2) is 5.05. The maximum Gasteiger partial charge on any atom is 0.511 e. The maximum absolute atomic E-state index is 12.0. The van der Waals surface area contributed by atoms with Gasteiger partial charge in [0.1, 0.15) is 0 Å². The Bertz CT molecular complexity index is 483. The number of halogens is 3. The highest BCUT2D eigenvalue weighted by molar-refractivity contribution is 7.90. The fourth-order valence-electron chi connectivity index (χ4n) is 1.28. The zero-order valence-corrected chi connectivity index (χ0v) is 9.90. The van der Waals surface area contributed by atoms with Crippen LogP contribution in [0.4, 0.5) is 13.2 Å². The van der Waals surface area contributed by atoms with E-state index in [2.05, 4.69) is 0 Å². The number of sulfonamides is 1. The molecule has 0 heterocycles. The summed E-state index contributed by atoms with van der Waals surface area (Å²) in [5.74, 6) is 0. The van der Waals surface area contributed by atoms with E-state index in [0.29, 0.717) is 0 Å². The van der Waals surface area contributed by atoms with E-state index in [4.69, 9.17) is 0 Å². The van der Waals surface area contributed by atoms with Crippen molar-refractivity contribution in [1.82, 2.24) is 4.72 Å². The predicted molar refractivity (Wildman–Crippen MR) is 57.9 cm³/mol. The monoisotopic (exact) mass is 267 g/mol. The Kier molecular flexibility index (Phi) is 4.16. The molecule has 0 aliphatic carbocycles. The summed E-state index contributed by atoms with van der Waals surface area (Å²) < 4.78 is 58.8. The second-order valence-corrected chi connectivity index (χ2v) is 5.34.